The van der Waals surface area contributed by atoms with Crippen LogP contribution < -0.4 is 0 Å². The first-order chi connectivity index (χ1) is 7.86. The van der Waals surface area contributed by atoms with E-state index in [9.17, 15) is 13.2 Å². The summed E-state index contributed by atoms with van der Waals surface area (Å²) in [6.45, 7) is 3.03. The molecule has 7 nitrogen and oxygen atoms in total. The summed E-state index contributed by atoms with van der Waals surface area (Å²) in [5.41, 5.74) is 0. The monoisotopic (exact) mass is 266 g/mol. The van der Waals surface area contributed by atoms with Crippen LogP contribution in [0.25, 0.3) is 0 Å². The Morgan fingerprint density at radius 2 is 2.00 bits per heavy atom. The van der Waals surface area contributed by atoms with Crippen LogP contribution in [0.3, 0.4) is 0 Å². The minimum absolute atomic E-state index is 0.0498. The fourth-order valence-electron chi connectivity index (χ4n) is 1.12. The van der Waals surface area contributed by atoms with Crippen molar-refractivity contribution in [1.29, 1.82) is 0 Å². The highest BCUT2D eigenvalue weighted by atomic mass is 32.2. The molecule has 0 aliphatic heterocycles. The van der Waals surface area contributed by atoms with Gasteiger partial charge in [-0.1, -0.05) is 6.08 Å². The molecule has 0 unspecified atom stereocenters. The first kappa shape index (κ1) is 16.0. The van der Waals surface area contributed by atoms with Crippen molar-refractivity contribution in [3.63, 3.8) is 0 Å². The lowest BCUT2D eigenvalue weighted by atomic mass is 10.4. The van der Waals surface area contributed by atoms with Gasteiger partial charge in [0.05, 0.1) is 13.0 Å². The molecule has 0 aromatic carbocycles. The van der Waals surface area contributed by atoms with E-state index >= 15 is 0 Å². The first-order valence-electron chi connectivity index (χ1n) is 5.01. The number of aliphatic hydroxyl groups is 1. The minimum Gasteiger partial charge on any atom is -0.481 e. The SMILES string of the molecule is C=CCN(CCO)S(=O)(=O)N(C)CCC(=O)O. The molecule has 0 saturated heterocycles. The molecule has 0 atom stereocenters. The van der Waals surface area contributed by atoms with Gasteiger partial charge in [0.15, 0.2) is 0 Å². The van der Waals surface area contributed by atoms with Crippen molar-refractivity contribution in [2.24, 2.45) is 0 Å². The molecule has 0 amide bonds. The maximum Gasteiger partial charge on any atom is 0.304 e. The minimum atomic E-state index is -3.75. The van der Waals surface area contributed by atoms with Crippen LogP contribution in [-0.2, 0) is 15.0 Å². The molecule has 8 heteroatoms. The van der Waals surface area contributed by atoms with Crippen LogP contribution in [0.5, 0.6) is 0 Å². The Kier molecular flexibility index (Phi) is 6.97. The standard InChI is InChI=1S/C9H18N2O5S/c1-3-5-11(7-8-12)17(15,16)10(2)6-4-9(13)14/h3,12H,1,4-8H2,2H3,(H,13,14). The number of hydrogen-bond acceptors (Lipinski definition) is 4. The van der Waals surface area contributed by atoms with Gasteiger partial charge in [0.25, 0.3) is 10.2 Å². The number of carboxylic acids is 1. The molecular formula is C9H18N2O5S. The van der Waals surface area contributed by atoms with Crippen molar-refractivity contribution in [1.82, 2.24) is 8.61 Å². The second-order valence-corrected chi connectivity index (χ2v) is 5.38. The van der Waals surface area contributed by atoms with Gasteiger partial charge in [-0.05, 0) is 0 Å². The van der Waals surface area contributed by atoms with Gasteiger partial charge in [-0.25, -0.2) is 0 Å². The summed E-state index contributed by atoms with van der Waals surface area (Å²) in [6, 6.07) is 0. The van der Waals surface area contributed by atoms with Gasteiger partial charge >= 0.3 is 5.97 Å². The highest BCUT2D eigenvalue weighted by Gasteiger charge is 2.25. The molecule has 0 aromatic rings. The van der Waals surface area contributed by atoms with Crippen LogP contribution in [0, 0.1) is 0 Å². The largest absolute Gasteiger partial charge is 0.481 e. The number of carbonyl (C=O) groups is 1. The first-order valence-corrected chi connectivity index (χ1v) is 6.41. The maximum atomic E-state index is 11.9. The van der Waals surface area contributed by atoms with Crippen LogP contribution in [0.2, 0.25) is 0 Å². The van der Waals surface area contributed by atoms with Gasteiger partial charge in [-0.3, -0.25) is 4.79 Å². The fraction of sp³-hybridized carbons (Fsp3) is 0.667. The highest BCUT2D eigenvalue weighted by molar-refractivity contribution is 7.86. The molecule has 2 N–H and O–H groups in total. The highest BCUT2D eigenvalue weighted by Crippen LogP contribution is 2.06. The van der Waals surface area contributed by atoms with Crippen molar-refractivity contribution in [3.8, 4) is 0 Å². The molecule has 0 saturated carbocycles. The molecule has 100 valence electrons. The quantitative estimate of drug-likeness (QED) is 0.528. The van der Waals surface area contributed by atoms with Crippen molar-refractivity contribution in [2.45, 2.75) is 6.42 Å². The van der Waals surface area contributed by atoms with Crippen LogP contribution in [-0.4, -0.2) is 66.5 Å². The molecular weight excluding hydrogens is 248 g/mol. The number of rotatable bonds is 9. The summed E-state index contributed by atoms with van der Waals surface area (Å²) in [7, 11) is -2.45. The smallest absolute Gasteiger partial charge is 0.304 e. The van der Waals surface area contributed by atoms with E-state index in [0.717, 1.165) is 8.61 Å². The van der Waals surface area contributed by atoms with E-state index in [1.165, 1.54) is 13.1 Å². The number of carboxylic acid groups (broad SMARTS) is 1. The van der Waals surface area contributed by atoms with E-state index in [4.69, 9.17) is 10.2 Å². The predicted octanol–water partition coefficient (Wildman–Crippen LogP) is -0.882. The second kappa shape index (κ2) is 7.38. The zero-order valence-electron chi connectivity index (χ0n) is 9.74. The Labute approximate surface area is 101 Å². The lowest BCUT2D eigenvalue weighted by Gasteiger charge is -2.25. The summed E-state index contributed by atoms with van der Waals surface area (Å²) in [6.07, 6.45) is 1.13. The molecule has 0 aliphatic rings. The topological polar surface area (TPSA) is 98.2 Å². The number of aliphatic carboxylic acids is 1. The van der Waals surface area contributed by atoms with Gasteiger partial charge < -0.3 is 10.2 Å². The van der Waals surface area contributed by atoms with Crippen LogP contribution in [0.1, 0.15) is 6.42 Å². The Morgan fingerprint density at radius 3 is 2.41 bits per heavy atom. The third-order valence-corrected chi connectivity index (χ3v) is 4.00. The summed E-state index contributed by atoms with van der Waals surface area (Å²) in [4.78, 5) is 10.4. The zero-order valence-corrected chi connectivity index (χ0v) is 10.6. The van der Waals surface area contributed by atoms with E-state index in [1.54, 1.807) is 0 Å². The Balaban J connectivity index is 4.69. The molecule has 0 aromatic heterocycles. The number of nitrogens with zero attached hydrogens (tertiary/aromatic N) is 2. The number of hydrogen-bond donors (Lipinski definition) is 2. The average molecular weight is 266 g/mol. The lowest BCUT2D eigenvalue weighted by molar-refractivity contribution is -0.137. The van der Waals surface area contributed by atoms with Crippen molar-refractivity contribution in [2.75, 3.05) is 33.3 Å². The van der Waals surface area contributed by atoms with Crippen LogP contribution in [0.15, 0.2) is 12.7 Å². The van der Waals surface area contributed by atoms with Gasteiger partial charge in [0.2, 0.25) is 0 Å². The van der Waals surface area contributed by atoms with Gasteiger partial charge in [0, 0.05) is 26.7 Å². The summed E-state index contributed by atoms with van der Waals surface area (Å²) >= 11 is 0. The maximum absolute atomic E-state index is 11.9. The Morgan fingerprint density at radius 1 is 1.41 bits per heavy atom. The molecule has 0 spiro atoms. The van der Waals surface area contributed by atoms with Crippen LogP contribution in [0.4, 0.5) is 0 Å². The van der Waals surface area contributed by atoms with E-state index in [1.807, 2.05) is 0 Å². The molecule has 0 fully saturated rings. The Bertz CT molecular complexity index is 354. The Hall–Kier alpha value is -0.960. The molecule has 0 radical (unpaired) electrons. The molecule has 0 heterocycles. The van der Waals surface area contributed by atoms with Crippen molar-refractivity contribution in [3.05, 3.63) is 12.7 Å². The average Bonchev–Trinajstić information content (AvgIpc) is 2.25. The summed E-state index contributed by atoms with van der Waals surface area (Å²) in [5.74, 6) is -1.07. The second-order valence-electron chi connectivity index (χ2n) is 3.34. The molecule has 0 aliphatic carbocycles. The molecule has 17 heavy (non-hydrogen) atoms. The molecule has 0 rings (SSSR count). The molecule has 0 bridgehead atoms. The van der Waals surface area contributed by atoms with Crippen molar-refractivity contribution < 1.29 is 23.4 Å². The van der Waals surface area contributed by atoms with E-state index < -0.39 is 16.2 Å². The third kappa shape index (κ3) is 5.26. The van der Waals surface area contributed by atoms with Gasteiger partial charge in [-0.15, -0.1) is 6.58 Å². The van der Waals surface area contributed by atoms with Crippen molar-refractivity contribution >= 4 is 16.2 Å². The van der Waals surface area contributed by atoms with Gasteiger partial charge in [-0.2, -0.15) is 17.0 Å². The zero-order chi connectivity index (χ0) is 13.5. The predicted molar refractivity (Wildman–Crippen MR) is 62.7 cm³/mol. The normalized spacial score (nSPS) is 12.0. The van der Waals surface area contributed by atoms with Crippen LogP contribution >= 0.6 is 0 Å². The van der Waals surface area contributed by atoms with E-state index in [0.29, 0.717) is 0 Å². The van der Waals surface area contributed by atoms with E-state index in [-0.39, 0.29) is 32.7 Å². The van der Waals surface area contributed by atoms with Gasteiger partial charge in [0.1, 0.15) is 0 Å². The third-order valence-electron chi connectivity index (χ3n) is 2.04. The summed E-state index contributed by atoms with van der Waals surface area (Å²) in [5, 5.41) is 17.3. The van der Waals surface area contributed by atoms with E-state index in [2.05, 4.69) is 6.58 Å². The fourth-order valence-corrected chi connectivity index (χ4v) is 2.44. The lowest BCUT2D eigenvalue weighted by Crippen LogP contribution is -2.43. The summed E-state index contributed by atoms with van der Waals surface area (Å²) < 4.78 is 25.8. The number of aliphatic hydroxyl groups excluding tert-OH is 1.